The highest BCUT2D eigenvalue weighted by atomic mass is 16.4. The summed E-state index contributed by atoms with van der Waals surface area (Å²) in [5, 5.41) is 0.712. The number of fused-ring (bicyclic) bond motifs is 3. The van der Waals surface area contributed by atoms with E-state index in [0.29, 0.717) is 11.0 Å². The van der Waals surface area contributed by atoms with Gasteiger partial charge in [-0.2, -0.15) is 0 Å². The Labute approximate surface area is 82.2 Å². The SMILES string of the molecule is C=CCCCc1cc2ccc1c(=O)o2. The van der Waals surface area contributed by atoms with Crippen molar-refractivity contribution in [1.29, 1.82) is 0 Å². The van der Waals surface area contributed by atoms with Crippen molar-refractivity contribution in [2.75, 3.05) is 0 Å². The molecule has 2 heteroatoms. The van der Waals surface area contributed by atoms with Crippen molar-refractivity contribution in [2.45, 2.75) is 19.3 Å². The molecule has 2 aromatic heterocycles. The fraction of sp³-hybridized carbons (Fsp3) is 0.250. The Balaban J connectivity index is 2.28. The average Bonchev–Trinajstić information content (AvgIpc) is 2.18. The molecule has 72 valence electrons. The summed E-state index contributed by atoms with van der Waals surface area (Å²) in [4.78, 5) is 11.3. The molecule has 0 N–H and O–H groups in total. The molecule has 1 aromatic carbocycles. The van der Waals surface area contributed by atoms with Crippen LogP contribution >= 0.6 is 0 Å². The molecule has 0 fully saturated rings. The summed E-state index contributed by atoms with van der Waals surface area (Å²) < 4.78 is 4.98. The number of rotatable bonds is 4. The van der Waals surface area contributed by atoms with Gasteiger partial charge in [-0.05, 0) is 43.0 Å². The Hall–Kier alpha value is -1.57. The molecular weight excluding hydrogens is 176 g/mol. The first-order chi connectivity index (χ1) is 6.81. The molecule has 0 aliphatic heterocycles. The van der Waals surface area contributed by atoms with E-state index in [9.17, 15) is 4.79 Å². The molecule has 0 radical (unpaired) electrons. The van der Waals surface area contributed by atoms with Crippen molar-refractivity contribution in [3.63, 3.8) is 0 Å². The van der Waals surface area contributed by atoms with Crippen molar-refractivity contribution in [2.24, 2.45) is 0 Å². The molecule has 2 nitrogen and oxygen atoms in total. The summed E-state index contributed by atoms with van der Waals surface area (Å²) in [6, 6.07) is 5.61. The highest BCUT2D eigenvalue weighted by Crippen LogP contribution is 2.16. The largest absolute Gasteiger partial charge is 0.423 e. The molecule has 2 bridgehead atoms. The lowest BCUT2D eigenvalue weighted by molar-refractivity contribution is 0.559. The molecule has 0 saturated carbocycles. The van der Waals surface area contributed by atoms with Crippen molar-refractivity contribution in [1.82, 2.24) is 0 Å². The van der Waals surface area contributed by atoms with E-state index < -0.39 is 0 Å². The van der Waals surface area contributed by atoms with Crippen LogP contribution in [0.5, 0.6) is 0 Å². The van der Waals surface area contributed by atoms with E-state index in [4.69, 9.17) is 4.42 Å². The van der Waals surface area contributed by atoms with E-state index in [0.717, 1.165) is 24.8 Å². The molecule has 0 amide bonds. The molecule has 14 heavy (non-hydrogen) atoms. The highest BCUT2D eigenvalue weighted by molar-refractivity contribution is 5.66. The molecule has 0 spiro atoms. The Bertz CT molecular complexity index is 482. The summed E-state index contributed by atoms with van der Waals surface area (Å²) in [5.41, 5.74) is 1.55. The minimum atomic E-state index is -0.210. The van der Waals surface area contributed by atoms with Crippen molar-refractivity contribution in [3.8, 4) is 0 Å². The third-order valence-electron chi connectivity index (χ3n) is 2.36. The lowest BCUT2D eigenvalue weighted by Gasteiger charge is -2.04. The van der Waals surface area contributed by atoms with Gasteiger partial charge in [-0.15, -0.1) is 6.58 Å². The molecule has 3 rings (SSSR count). The van der Waals surface area contributed by atoms with Gasteiger partial charge >= 0.3 is 5.63 Å². The highest BCUT2D eigenvalue weighted by Gasteiger charge is 2.06. The smallest absolute Gasteiger partial charge is 0.343 e. The zero-order chi connectivity index (χ0) is 9.97. The number of benzene rings is 1. The van der Waals surface area contributed by atoms with Gasteiger partial charge in [0.1, 0.15) is 5.58 Å². The second kappa shape index (κ2) is 3.66. The molecule has 0 aliphatic rings. The molecule has 0 atom stereocenters. The van der Waals surface area contributed by atoms with E-state index in [1.165, 1.54) is 0 Å². The Morgan fingerprint density at radius 3 is 2.93 bits per heavy atom. The second-order valence-corrected chi connectivity index (χ2v) is 3.39. The predicted octanol–water partition coefficient (Wildman–Crippen LogP) is 2.74. The summed E-state index contributed by atoms with van der Waals surface area (Å²) in [6.45, 7) is 3.67. The molecule has 2 heterocycles. The minimum Gasteiger partial charge on any atom is -0.423 e. The van der Waals surface area contributed by atoms with Crippen LogP contribution in [0.25, 0.3) is 11.0 Å². The maximum Gasteiger partial charge on any atom is 0.343 e. The Kier molecular flexibility index (Phi) is 2.35. The number of allylic oxidation sites excluding steroid dienone is 1. The molecular formula is C12H12O2. The zero-order valence-corrected chi connectivity index (χ0v) is 7.95. The van der Waals surface area contributed by atoms with Gasteiger partial charge in [0.15, 0.2) is 0 Å². The number of aryl methyl sites for hydroxylation is 1. The van der Waals surface area contributed by atoms with Crippen LogP contribution in [-0.4, -0.2) is 0 Å². The Morgan fingerprint density at radius 1 is 1.43 bits per heavy atom. The Morgan fingerprint density at radius 2 is 2.29 bits per heavy atom. The minimum absolute atomic E-state index is 0.210. The van der Waals surface area contributed by atoms with Crippen LogP contribution in [0.1, 0.15) is 18.4 Å². The van der Waals surface area contributed by atoms with E-state index in [-0.39, 0.29) is 5.63 Å². The van der Waals surface area contributed by atoms with Gasteiger partial charge in [0.05, 0.1) is 5.39 Å². The maximum atomic E-state index is 11.3. The number of unbranched alkanes of at least 4 members (excludes halogenated alkanes) is 1. The number of hydrogen-bond acceptors (Lipinski definition) is 2. The van der Waals surface area contributed by atoms with Gasteiger partial charge < -0.3 is 4.42 Å². The van der Waals surface area contributed by atoms with E-state index in [1.54, 1.807) is 0 Å². The van der Waals surface area contributed by atoms with Gasteiger partial charge in [-0.1, -0.05) is 6.08 Å². The maximum absolute atomic E-state index is 11.3. The lowest BCUT2D eigenvalue weighted by atomic mass is 10.0. The standard InChI is InChI=1S/C12H12O2/c1-2-3-4-5-9-8-10-6-7-11(9)12(13)14-10/h2,6-8H,1,3-5H2. The summed E-state index contributed by atoms with van der Waals surface area (Å²) in [5.74, 6) is 0. The fourth-order valence-electron chi connectivity index (χ4n) is 1.64. The van der Waals surface area contributed by atoms with Crippen LogP contribution in [-0.2, 0) is 6.42 Å². The summed E-state index contributed by atoms with van der Waals surface area (Å²) in [6.07, 6.45) is 4.84. The normalized spacial score (nSPS) is 10.9. The fourth-order valence-corrected chi connectivity index (χ4v) is 1.64. The van der Waals surface area contributed by atoms with Crippen LogP contribution in [0.15, 0.2) is 40.1 Å². The van der Waals surface area contributed by atoms with Crippen molar-refractivity contribution >= 4 is 11.0 Å². The average molecular weight is 188 g/mol. The second-order valence-electron chi connectivity index (χ2n) is 3.39. The van der Waals surface area contributed by atoms with Crippen LogP contribution in [0.4, 0.5) is 0 Å². The first kappa shape index (κ1) is 9.00. The van der Waals surface area contributed by atoms with Crippen molar-refractivity contribution < 1.29 is 4.42 Å². The molecule has 0 aliphatic carbocycles. The van der Waals surface area contributed by atoms with E-state index in [1.807, 2.05) is 24.3 Å². The quantitative estimate of drug-likeness (QED) is 0.545. The molecule has 0 saturated heterocycles. The third-order valence-corrected chi connectivity index (χ3v) is 2.36. The predicted molar refractivity (Wildman–Crippen MR) is 56.8 cm³/mol. The topological polar surface area (TPSA) is 30.2 Å². The third kappa shape index (κ3) is 1.55. The monoisotopic (exact) mass is 188 g/mol. The van der Waals surface area contributed by atoms with Crippen LogP contribution < -0.4 is 5.63 Å². The van der Waals surface area contributed by atoms with Crippen LogP contribution in [0.3, 0.4) is 0 Å². The van der Waals surface area contributed by atoms with Gasteiger partial charge in [0.25, 0.3) is 0 Å². The zero-order valence-electron chi connectivity index (χ0n) is 7.95. The molecule has 3 aromatic rings. The summed E-state index contributed by atoms with van der Waals surface area (Å²) >= 11 is 0. The van der Waals surface area contributed by atoms with Gasteiger partial charge in [-0.3, -0.25) is 0 Å². The van der Waals surface area contributed by atoms with Gasteiger partial charge in [0.2, 0.25) is 0 Å². The first-order valence-corrected chi connectivity index (χ1v) is 4.77. The van der Waals surface area contributed by atoms with Gasteiger partial charge in [-0.25, -0.2) is 4.79 Å². The summed E-state index contributed by atoms with van der Waals surface area (Å²) in [7, 11) is 0. The first-order valence-electron chi connectivity index (χ1n) is 4.77. The van der Waals surface area contributed by atoms with E-state index >= 15 is 0 Å². The lowest BCUT2D eigenvalue weighted by Crippen LogP contribution is -2.04. The van der Waals surface area contributed by atoms with Crippen LogP contribution in [0, 0.1) is 0 Å². The van der Waals surface area contributed by atoms with E-state index in [2.05, 4.69) is 6.58 Å². The van der Waals surface area contributed by atoms with Crippen LogP contribution in [0.2, 0.25) is 0 Å². The molecule has 0 unspecified atom stereocenters. The number of hydrogen-bond donors (Lipinski definition) is 0. The van der Waals surface area contributed by atoms with Crippen molar-refractivity contribution in [3.05, 3.63) is 46.8 Å². The van der Waals surface area contributed by atoms with Gasteiger partial charge in [0, 0.05) is 0 Å².